The molecule has 0 bridgehead atoms. The summed E-state index contributed by atoms with van der Waals surface area (Å²) < 4.78 is 68.3. The normalized spacial score (nSPS) is 14.1. The van der Waals surface area contributed by atoms with Crippen LogP contribution in [0.1, 0.15) is 382 Å². The summed E-state index contributed by atoms with van der Waals surface area (Å²) in [5, 5.41) is 10.6. The highest BCUT2D eigenvalue weighted by Crippen LogP contribution is 2.45. The third-order valence-electron chi connectivity index (χ3n) is 17.4. The molecule has 19 heteroatoms. The Morgan fingerprint density at radius 3 is 0.723 bits per heavy atom. The molecule has 0 aliphatic heterocycles. The molecule has 3 N–H and O–H groups in total. The summed E-state index contributed by atoms with van der Waals surface area (Å²) in [5.41, 5.74) is 0. The van der Waals surface area contributed by atoms with Crippen LogP contribution in [0.25, 0.3) is 0 Å². The molecule has 0 spiro atoms. The molecular formula is C75H146O17P2. The van der Waals surface area contributed by atoms with Crippen molar-refractivity contribution in [2.45, 2.75) is 401 Å². The van der Waals surface area contributed by atoms with Crippen LogP contribution in [0.3, 0.4) is 0 Å². The quantitative estimate of drug-likeness (QED) is 0.0222. The standard InChI is InChI=1S/C75H146O17P2/c1-8-9-10-39-49-56-72(77)85-62-70(91-74(79)58-52-45-38-32-26-20-18-23-29-35-42-48-55-68(6)7)64-89-93(81,82)87-60-69(76)61-88-94(83,84)90-65-71(63-86-73(78)57-50-43-36-30-24-19-17-22-28-34-41-47-54-67(4)5)92-75(80)59-51-44-37-31-25-16-14-12-11-13-15-21-27-33-40-46-53-66(2)3/h66-71,76H,8-65H2,1-7H3,(H,81,82)(H,83,84)/t69-,70+,71+/m0/s1. The average Bonchev–Trinajstić information content (AvgIpc) is 1.49. The van der Waals surface area contributed by atoms with Crippen molar-refractivity contribution in [1.29, 1.82) is 0 Å². The van der Waals surface area contributed by atoms with E-state index in [1.807, 2.05) is 0 Å². The predicted octanol–water partition coefficient (Wildman–Crippen LogP) is 21.8. The highest BCUT2D eigenvalue weighted by atomic mass is 31.2. The highest BCUT2D eigenvalue weighted by Gasteiger charge is 2.30. The minimum atomic E-state index is -4.95. The van der Waals surface area contributed by atoms with Crippen LogP contribution in [0.2, 0.25) is 0 Å². The zero-order valence-corrected chi connectivity index (χ0v) is 63.2. The lowest BCUT2D eigenvalue weighted by Gasteiger charge is -2.21. The van der Waals surface area contributed by atoms with Crippen LogP contribution in [-0.2, 0) is 65.4 Å². The summed E-state index contributed by atoms with van der Waals surface area (Å²) in [6.45, 7) is 11.9. The van der Waals surface area contributed by atoms with E-state index in [1.165, 1.54) is 186 Å². The van der Waals surface area contributed by atoms with Gasteiger partial charge in [0.25, 0.3) is 0 Å². The van der Waals surface area contributed by atoms with Crippen LogP contribution >= 0.6 is 15.6 Å². The second kappa shape index (κ2) is 65.7. The molecule has 2 unspecified atom stereocenters. The zero-order chi connectivity index (χ0) is 69.4. The number of phosphoric acid groups is 2. The fraction of sp³-hybridized carbons (Fsp3) is 0.947. The van der Waals surface area contributed by atoms with E-state index in [1.54, 1.807) is 0 Å². The number of ether oxygens (including phenoxy) is 4. The van der Waals surface area contributed by atoms with Gasteiger partial charge in [-0.1, -0.05) is 331 Å². The third kappa shape index (κ3) is 68.6. The van der Waals surface area contributed by atoms with E-state index in [-0.39, 0.29) is 25.7 Å². The Labute approximate surface area is 575 Å². The minimum Gasteiger partial charge on any atom is -0.462 e. The highest BCUT2D eigenvalue weighted by molar-refractivity contribution is 7.47. The molecule has 0 saturated carbocycles. The van der Waals surface area contributed by atoms with Gasteiger partial charge < -0.3 is 33.8 Å². The van der Waals surface area contributed by atoms with Gasteiger partial charge >= 0.3 is 39.5 Å². The summed E-state index contributed by atoms with van der Waals surface area (Å²) in [6.07, 6.45) is 51.7. The monoisotopic (exact) mass is 1380 g/mol. The van der Waals surface area contributed by atoms with Gasteiger partial charge in [0, 0.05) is 25.7 Å². The number of rotatable bonds is 73. The second-order valence-corrected chi connectivity index (χ2v) is 31.4. The molecule has 0 aromatic heterocycles. The minimum absolute atomic E-state index is 0.106. The van der Waals surface area contributed by atoms with Gasteiger partial charge in [0.15, 0.2) is 12.2 Å². The smallest absolute Gasteiger partial charge is 0.462 e. The number of hydrogen-bond donors (Lipinski definition) is 3. The van der Waals surface area contributed by atoms with Crippen molar-refractivity contribution in [3.63, 3.8) is 0 Å². The van der Waals surface area contributed by atoms with E-state index in [2.05, 4.69) is 48.5 Å². The Morgan fingerprint density at radius 1 is 0.287 bits per heavy atom. The number of aliphatic hydroxyl groups is 1. The molecule has 0 fully saturated rings. The molecule has 0 aliphatic carbocycles. The molecule has 94 heavy (non-hydrogen) atoms. The Morgan fingerprint density at radius 2 is 0.489 bits per heavy atom. The molecule has 558 valence electrons. The summed E-state index contributed by atoms with van der Waals surface area (Å²) in [6, 6.07) is 0. The van der Waals surface area contributed by atoms with Gasteiger partial charge in [-0.3, -0.25) is 37.3 Å². The number of carbonyl (C=O) groups is 4. The van der Waals surface area contributed by atoms with Crippen molar-refractivity contribution < 1.29 is 80.2 Å². The second-order valence-electron chi connectivity index (χ2n) is 28.5. The van der Waals surface area contributed by atoms with E-state index in [0.29, 0.717) is 25.7 Å². The third-order valence-corrected chi connectivity index (χ3v) is 19.3. The lowest BCUT2D eigenvalue weighted by molar-refractivity contribution is -0.161. The Bertz CT molecular complexity index is 1840. The van der Waals surface area contributed by atoms with Gasteiger partial charge in [-0.05, 0) is 43.4 Å². The molecule has 0 aliphatic rings. The lowest BCUT2D eigenvalue weighted by atomic mass is 10.0. The van der Waals surface area contributed by atoms with Gasteiger partial charge in [-0.15, -0.1) is 0 Å². The molecule has 17 nitrogen and oxygen atoms in total. The van der Waals surface area contributed by atoms with Gasteiger partial charge in [-0.25, -0.2) is 9.13 Å². The van der Waals surface area contributed by atoms with E-state index < -0.39 is 97.5 Å². The number of esters is 4. The first-order valence-corrected chi connectivity index (χ1v) is 41.8. The Kier molecular flexibility index (Phi) is 64.3. The van der Waals surface area contributed by atoms with Crippen LogP contribution < -0.4 is 0 Å². The average molecular weight is 1380 g/mol. The van der Waals surface area contributed by atoms with Crippen LogP contribution in [0, 0.1) is 17.8 Å². The number of aliphatic hydroxyl groups excluding tert-OH is 1. The van der Waals surface area contributed by atoms with E-state index in [4.69, 9.17) is 37.0 Å². The van der Waals surface area contributed by atoms with Crippen LogP contribution in [0.15, 0.2) is 0 Å². The van der Waals surface area contributed by atoms with Gasteiger partial charge in [0.1, 0.15) is 19.3 Å². The molecule has 0 radical (unpaired) electrons. The number of hydrogen-bond acceptors (Lipinski definition) is 15. The van der Waals surface area contributed by atoms with Crippen LogP contribution in [-0.4, -0.2) is 96.7 Å². The molecule has 0 aromatic rings. The van der Waals surface area contributed by atoms with Gasteiger partial charge in [-0.2, -0.15) is 0 Å². The summed E-state index contributed by atoms with van der Waals surface area (Å²) in [4.78, 5) is 72.5. The summed E-state index contributed by atoms with van der Waals surface area (Å²) >= 11 is 0. The summed E-state index contributed by atoms with van der Waals surface area (Å²) in [7, 11) is -9.90. The maximum absolute atomic E-state index is 13.1. The largest absolute Gasteiger partial charge is 0.472 e. The SMILES string of the molecule is CCCCCCCC(=O)OC[C@H](COP(=O)(O)OC[C@H](O)COP(=O)(O)OC[C@@H](COC(=O)CCCCCCCCCCCCCCC(C)C)OC(=O)CCCCCCCCCCCCCCCCCCC(C)C)OC(=O)CCCCCCCCCCCCCCC(C)C. The van der Waals surface area contributed by atoms with Crippen molar-refractivity contribution in [2.75, 3.05) is 39.6 Å². The topological polar surface area (TPSA) is 237 Å². The maximum Gasteiger partial charge on any atom is 0.472 e. The molecule has 0 aromatic carbocycles. The van der Waals surface area contributed by atoms with Gasteiger partial charge in [0.2, 0.25) is 0 Å². The Balaban J connectivity index is 5.14. The molecule has 0 heterocycles. The van der Waals surface area contributed by atoms with Crippen LogP contribution in [0.5, 0.6) is 0 Å². The fourth-order valence-electron chi connectivity index (χ4n) is 11.4. The lowest BCUT2D eigenvalue weighted by Crippen LogP contribution is -2.30. The first kappa shape index (κ1) is 92.1. The number of phosphoric ester groups is 2. The van der Waals surface area contributed by atoms with Crippen molar-refractivity contribution >= 4 is 39.5 Å². The molecule has 0 amide bonds. The zero-order valence-electron chi connectivity index (χ0n) is 61.4. The first-order chi connectivity index (χ1) is 45.2. The van der Waals surface area contributed by atoms with E-state index in [0.717, 1.165) is 114 Å². The van der Waals surface area contributed by atoms with Crippen molar-refractivity contribution in [3.8, 4) is 0 Å². The maximum atomic E-state index is 13.1. The van der Waals surface area contributed by atoms with E-state index in [9.17, 15) is 43.2 Å². The Hall–Kier alpha value is -1.94. The van der Waals surface area contributed by atoms with Gasteiger partial charge in [0.05, 0.1) is 26.4 Å². The van der Waals surface area contributed by atoms with Crippen molar-refractivity contribution in [3.05, 3.63) is 0 Å². The van der Waals surface area contributed by atoms with Crippen molar-refractivity contribution in [2.24, 2.45) is 17.8 Å². The van der Waals surface area contributed by atoms with E-state index >= 15 is 0 Å². The van der Waals surface area contributed by atoms with Crippen LogP contribution in [0.4, 0.5) is 0 Å². The molecule has 0 rings (SSSR count). The van der Waals surface area contributed by atoms with Crippen molar-refractivity contribution in [1.82, 2.24) is 0 Å². The molecular weight excluding hydrogens is 1230 g/mol. The molecule has 0 saturated heterocycles. The number of unbranched alkanes of at least 4 members (excludes halogenated alkanes) is 41. The fourth-order valence-corrected chi connectivity index (χ4v) is 13.0. The molecule has 5 atom stereocenters. The number of carbonyl (C=O) groups excluding carboxylic acids is 4. The summed E-state index contributed by atoms with van der Waals surface area (Å²) in [5.74, 6) is 0.239. The predicted molar refractivity (Wildman–Crippen MR) is 381 cm³/mol. The first-order valence-electron chi connectivity index (χ1n) is 38.8.